The van der Waals surface area contributed by atoms with Gasteiger partial charge >= 0.3 is 5.97 Å². The van der Waals surface area contributed by atoms with Crippen molar-refractivity contribution in [3.05, 3.63) is 0 Å². The number of rotatable bonds is 3. The van der Waals surface area contributed by atoms with Crippen LogP contribution in [0.25, 0.3) is 0 Å². The first-order valence-electron chi connectivity index (χ1n) is 6.12. The Labute approximate surface area is 110 Å². The van der Waals surface area contributed by atoms with E-state index in [1.165, 1.54) is 0 Å². The lowest BCUT2D eigenvalue weighted by Crippen LogP contribution is -2.44. The molecular weight excluding hydrogens is 231 g/mol. The molecule has 0 spiro atoms. The summed E-state index contributed by atoms with van der Waals surface area (Å²) in [6, 6.07) is 0. The molecule has 0 atom stereocenters. The smallest absolute Gasteiger partial charge is 0.312 e. The van der Waals surface area contributed by atoms with Crippen molar-refractivity contribution in [2.45, 2.75) is 67.4 Å². The molecule has 0 heterocycles. The van der Waals surface area contributed by atoms with Crippen molar-refractivity contribution < 1.29 is 9.53 Å². The van der Waals surface area contributed by atoms with E-state index in [9.17, 15) is 4.79 Å². The zero-order valence-electron chi connectivity index (χ0n) is 13.0. The Bertz CT molecular complexity index is 237. The molecule has 0 N–H and O–H groups in total. The Morgan fingerprint density at radius 3 is 1.59 bits per heavy atom. The molecule has 104 valence electrons. The number of carbonyl (C=O) groups is 1. The molecule has 0 saturated carbocycles. The van der Waals surface area contributed by atoms with Gasteiger partial charge in [-0.3, -0.25) is 4.79 Å². The number of esters is 1. The summed E-state index contributed by atoms with van der Waals surface area (Å²) >= 11 is 0. The van der Waals surface area contributed by atoms with Crippen molar-refractivity contribution in [2.24, 2.45) is 10.8 Å². The van der Waals surface area contributed by atoms with Gasteiger partial charge in [-0.05, 0) is 34.1 Å². The summed E-state index contributed by atoms with van der Waals surface area (Å²) < 4.78 is 5.62. The van der Waals surface area contributed by atoms with Crippen LogP contribution in [0.1, 0.15) is 61.8 Å². The van der Waals surface area contributed by atoms with Crippen molar-refractivity contribution in [3.8, 4) is 0 Å². The summed E-state index contributed by atoms with van der Waals surface area (Å²) in [4.78, 5) is 11.9. The average molecular weight is 260 g/mol. The summed E-state index contributed by atoms with van der Waals surface area (Å²) in [7, 11) is 3.53. The molecule has 0 unspecified atom stereocenters. The third-order valence-electron chi connectivity index (χ3n) is 3.59. The molecule has 0 aromatic heterocycles. The van der Waals surface area contributed by atoms with Crippen molar-refractivity contribution in [2.75, 3.05) is 6.66 Å². The van der Waals surface area contributed by atoms with E-state index in [1.807, 2.05) is 34.6 Å². The van der Waals surface area contributed by atoms with E-state index >= 15 is 0 Å². The number of hydrogen-bond donors (Lipinski definition) is 0. The maximum atomic E-state index is 11.9. The van der Waals surface area contributed by atoms with E-state index in [-0.39, 0.29) is 16.8 Å². The second kappa shape index (κ2) is 6.73. The predicted octanol–water partition coefficient (Wildman–Crippen LogP) is 4.82. The number of ether oxygens (including phenoxy) is 1. The fourth-order valence-corrected chi connectivity index (χ4v) is 0.667. The van der Waals surface area contributed by atoms with Crippen LogP contribution in [-0.2, 0) is 9.53 Å². The molecule has 0 bridgehead atoms. The van der Waals surface area contributed by atoms with Crippen LogP contribution in [-0.4, -0.2) is 18.2 Å². The van der Waals surface area contributed by atoms with E-state index in [0.717, 1.165) is 6.42 Å². The van der Waals surface area contributed by atoms with Gasteiger partial charge in [0, 0.05) is 5.41 Å². The summed E-state index contributed by atoms with van der Waals surface area (Å²) in [6.45, 7) is 17.7. The van der Waals surface area contributed by atoms with Gasteiger partial charge in [0.2, 0.25) is 0 Å². The van der Waals surface area contributed by atoms with Crippen LogP contribution in [0.5, 0.6) is 0 Å². The second-order valence-corrected chi connectivity index (χ2v) is 6.39. The Kier molecular flexibility index (Phi) is 7.62. The van der Waals surface area contributed by atoms with E-state index in [4.69, 9.17) is 4.74 Å². The van der Waals surface area contributed by atoms with Gasteiger partial charge in [0.1, 0.15) is 5.60 Å². The molecular formula is C14H29O2P-2. The first-order chi connectivity index (χ1) is 7.44. The Balaban J connectivity index is 0. The lowest BCUT2D eigenvalue weighted by Gasteiger charge is -2.40. The first-order valence-corrected chi connectivity index (χ1v) is 7.01. The molecule has 0 aromatic rings. The number of carbonyl (C=O) groups excluding carboxylic acids is 1. The van der Waals surface area contributed by atoms with E-state index in [0.29, 0.717) is 0 Å². The SMILES string of the molecule is CCC(C)(C)C(=O)OC(C)(C)C(C)(C)C.C[P-2]. The van der Waals surface area contributed by atoms with Gasteiger partial charge in [-0.25, -0.2) is 0 Å². The zero-order chi connectivity index (χ0) is 14.5. The summed E-state index contributed by atoms with van der Waals surface area (Å²) in [5.41, 5.74) is -0.870. The maximum Gasteiger partial charge on any atom is 0.312 e. The highest BCUT2D eigenvalue weighted by Crippen LogP contribution is 2.35. The van der Waals surface area contributed by atoms with Gasteiger partial charge in [0.25, 0.3) is 0 Å². The molecule has 0 aromatic carbocycles. The lowest BCUT2D eigenvalue weighted by molar-refractivity contribution is -0.178. The first kappa shape index (κ1) is 19.2. The van der Waals surface area contributed by atoms with Crippen LogP contribution in [0.3, 0.4) is 0 Å². The summed E-state index contributed by atoms with van der Waals surface area (Å²) in [6.07, 6.45) is 0.798. The third-order valence-corrected chi connectivity index (χ3v) is 3.59. The maximum absolute atomic E-state index is 11.9. The molecule has 0 fully saturated rings. The van der Waals surface area contributed by atoms with Crippen LogP contribution in [0.2, 0.25) is 0 Å². The Hall–Kier alpha value is -0.100. The standard InChI is InChI=1S/C13H26O2.CH3P/c1-9-12(5,6)10(14)15-13(7,8)11(2,3)4;1-2/h9H2,1-8H3;1H3/q;-2. The molecule has 0 aliphatic heterocycles. The highest BCUT2D eigenvalue weighted by molar-refractivity contribution is 7.15. The highest BCUT2D eigenvalue weighted by Gasteiger charge is 2.39. The molecule has 0 radical (unpaired) electrons. The van der Waals surface area contributed by atoms with Crippen molar-refractivity contribution in [1.29, 1.82) is 0 Å². The van der Waals surface area contributed by atoms with Crippen LogP contribution in [0.4, 0.5) is 0 Å². The zero-order valence-corrected chi connectivity index (χ0v) is 13.9. The minimum absolute atomic E-state index is 0.0491. The quantitative estimate of drug-likeness (QED) is 0.537. The fraction of sp³-hybridized carbons (Fsp3) is 0.929. The van der Waals surface area contributed by atoms with Crippen LogP contribution < -0.4 is 0 Å². The van der Waals surface area contributed by atoms with Gasteiger partial charge in [0.05, 0.1) is 5.41 Å². The van der Waals surface area contributed by atoms with E-state index in [1.54, 1.807) is 6.66 Å². The largest absolute Gasteiger partial charge is 1.49 e. The topological polar surface area (TPSA) is 26.3 Å². The molecule has 0 amide bonds. The van der Waals surface area contributed by atoms with Crippen molar-refractivity contribution in [1.82, 2.24) is 0 Å². The van der Waals surface area contributed by atoms with Crippen LogP contribution >= 0.6 is 9.24 Å². The molecule has 0 saturated heterocycles. The Morgan fingerprint density at radius 1 is 1.00 bits per heavy atom. The van der Waals surface area contributed by atoms with Gasteiger partial charge in [0.15, 0.2) is 0 Å². The molecule has 17 heavy (non-hydrogen) atoms. The highest BCUT2D eigenvalue weighted by atomic mass is 31.0. The fourth-order valence-electron chi connectivity index (χ4n) is 0.667. The van der Waals surface area contributed by atoms with Gasteiger partial charge in [-0.2, -0.15) is 0 Å². The molecule has 0 aliphatic carbocycles. The molecule has 0 aliphatic rings. The third kappa shape index (κ3) is 5.86. The van der Waals surface area contributed by atoms with Gasteiger partial charge in [-0.15, -0.1) is 0 Å². The van der Waals surface area contributed by atoms with E-state index in [2.05, 4.69) is 30.0 Å². The Morgan fingerprint density at radius 2 is 1.35 bits per heavy atom. The van der Waals surface area contributed by atoms with Crippen LogP contribution in [0.15, 0.2) is 0 Å². The summed E-state index contributed by atoms with van der Waals surface area (Å²) in [5.74, 6) is -0.107. The van der Waals surface area contributed by atoms with E-state index < -0.39 is 5.60 Å². The second-order valence-electron chi connectivity index (χ2n) is 6.39. The number of hydrogen-bond acceptors (Lipinski definition) is 2. The van der Waals surface area contributed by atoms with Gasteiger partial charge in [-0.1, -0.05) is 27.7 Å². The molecule has 0 rings (SSSR count). The minimum Gasteiger partial charge on any atom is -1.49 e. The van der Waals surface area contributed by atoms with Gasteiger partial charge < -0.3 is 20.6 Å². The van der Waals surface area contributed by atoms with Crippen LogP contribution in [0, 0.1) is 10.8 Å². The van der Waals surface area contributed by atoms with Crippen molar-refractivity contribution >= 4 is 15.2 Å². The lowest BCUT2D eigenvalue weighted by atomic mass is 9.78. The monoisotopic (exact) mass is 260 g/mol. The predicted molar refractivity (Wildman–Crippen MR) is 76.5 cm³/mol. The summed E-state index contributed by atoms with van der Waals surface area (Å²) in [5, 5.41) is 0. The average Bonchev–Trinajstić information content (AvgIpc) is 2.18. The molecule has 2 nitrogen and oxygen atoms in total. The molecule has 3 heteroatoms. The normalized spacial score (nSPS) is 12.6. The minimum atomic E-state index is -0.434. The van der Waals surface area contributed by atoms with Crippen molar-refractivity contribution in [3.63, 3.8) is 0 Å².